The Kier molecular flexibility index (Phi) is 4.13. The van der Waals surface area contributed by atoms with Crippen molar-refractivity contribution in [3.8, 4) is 11.3 Å². The number of H-pyrrole nitrogens is 1. The minimum Gasteiger partial charge on any atom is -0.361 e. The van der Waals surface area contributed by atoms with Crippen LogP contribution in [0.25, 0.3) is 22.3 Å². The lowest BCUT2D eigenvalue weighted by Crippen LogP contribution is -2.22. The Bertz CT molecular complexity index is 743. The Morgan fingerprint density at radius 2 is 2.18 bits per heavy atom. The SMILES string of the molecule is C[Si](C)(C)CCOCn1c(-c2cn[nH]c2)cc2cccnc21. The van der Waals surface area contributed by atoms with E-state index in [0.29, 0.717) is 6.73 Å². The van der Waals surface area contributed by atoms with Crippen LogP contribution in [0.4, 0.5) is 0 Å². The number of aromatic nitrogens is 4. The molecule has 0 atom stereocenters. The van der Waals surface area contributed by atoms with E-state index in [4.69, 9.17) is 4.74 Å². The molecule has 0 saturated carbocycles. The molecular weight excluding hydrogens is 292 g/mol. The van der Waals surface area contributed by atoms with Gasteiger partial charge in [0.2, 0.25) is 0 Å². The van der Waals surface area contributed by atoms with Crippen molar-refractivity contribution in [2.24, 2.45) is 0 Å². The third-order valence-electron chi connectivity index (χ3n) is 3.67. The van der Waals surface area contributed by atoms with Crippen molar-refractivity contribution in [2.45, 2.75) is 32.4 Å². The average molecular weight is 314 g/mol. The first-order valence-corrected chi connectivity index (χ1v) is 11.3. The molecule has 0 aliphatic carbocycles. The Hall–Kier alpha value is -1.92. The largest absolute Gasteiger partial charge is 0.361 e. The lowest BCUT2D eigenvalue weighted by Gasteiger charge is -2.16. The van der Waals surface area contributed by atoms with Crippen molar-refractivity contribution in [1.29, 1.82) is 0 Å². The molecule has 3 aromatic rings. The van der Waals surface area contributed by atoms with E-state index in [-0.39, 0.29) is 0 Å². The quantitative estimate of drug-likeness (QED) is 0.557. The molecule has 22 heavy (non-hydrogen) atoms. The summed E-state index contributed by atoms with van der Waals surface area (Å²) in [6.07, 6.45) is 5.54. The minimum absolute atomic E-state index is 0.519. The fourth-order valence-corrected chi connectivity index (χ4v) is 3.14. The van der Waals surface area contributed by atoms with Gasteiger partial charge in [0.15, 0.2) is 0 Å². The van der Waals surface area contributed by atoms with Gasteiger partial charge in [-0.2, -0.15) is 5.10 Å². The topological polar surface area (TPSA) is 55.7 Å². The van der Waals surface area contributed by atoms with Gasteiger partial charge in [-0.1, -0.05) is 19.6 Å². The third-order valence-corrected chi connectivity index (χ3v) is 5.37. The van der Waals surface area contributed by atoms with Gasteiger partial charge in [-0.05, 0) is 24.2 Å². The number of hydrogen-bond donors (Lipinski definition) is 1. The van der Waals surface area contributed by atoms with Gasteiger partial charge in [-0.15, -0.1) is 0 Å². The molecule has 1 N–H and O–H groups in total. The fourth-order valence-electron chi connectivity index (χ4n) is 2.38. The zero-order chi connectivity index (χ0) is 15.6. The van der Waals surface area contributed by atoms with Crippen LogP contribution in [-0.2, 0) is 11.5 Å². The number of hydrogen-bond acceptors (Lipinski definition) is 3. The molecule has 0 aliphatic rings. The summed E-state index contributed by atoms with van der Waals surface area (Å²) in [4.78, 5) is 4.50. The van der Waals surface area contributed by atoms with Crippen LogP contribution in [0.15, 0.2) is 36.8 Å². The van der Waals surface area contributed by atoms with Crippen LogP contribution in [0.1, 0.15) is 0 Å². The molecule has 0 aromatic carbocycles. The minimum atomic E-state index is -1.06. The number of pyridine rings is 1. The second-order valence-corrected chi connectivity index (χ2v) is 12.3. The molecule has 0 amide bonds. The van der Waals surface area contributed by atoms with Crippen molar-refractivity contribution in [2.75, 3.05) is 6.61 Å². The molecule has 0 aliphatic heterocycles. The Morgan fingerprint density at radius 1 is 1.32 bits per heavy atom. The molecule has 5 nitrogen and oxygen atoms in total. The first-order chi connectivity index (χ1) is 10.5. The highest BCUT2D eigenvalue weighted by Gasteiger charge is 2.14. The maximum atomic E-state index is 5.93. The molecule has 0 radical (unpaired) electrons. The highest BCUT2D eigenvalue weighted by Crippen LogP contribution is 2.26. The first kappa shape index (κ1) is 15.0. The van der Waals surface area contributed by atoms with Gasteiger partial charge in [-0.3, -0.25) is 5.10 Å². The Balaban J connectivity index is 1.85. The van der Waals surface area contributed by atoms with Crippen LogP contribution in [0.2, 0.25) is 25.7 Å². The molecule has 3 aromatic heterocycles. The number of fused-ring (bicyclic) bond motifs is 1. The maximum Gasteiger partial charge on any atom is 0.142 e. The van der Waals surface area contributed by atoms with Crippen LogP contribution in [0.3, 0.4) is 0 Å². The summed E-state index contributed by atoms with van der Waals surface area (Å²) >= 11 is 0. The molecule has 3 heterocycles. The van der Waals surface area contributed by atoms with Gasteiger partial charge in [-0.25, -0.2) is 4.98 Å². The lowest BCUT2D eigenvalue weighted by atomic mass is 10.2. The number of nitrogens with zero attached hydrogens (tertiary/aromatic N) is 3. The molecule has 0 bridgehead atoms. The van der Waals surface area contributed by atoms with E-state index in [1.165, 1.54) is 6.04 Å². The van der Waals surface area contributed by atoms with Crippen LogP contribution in [-0.4, -0.2) is 34.4 Å². The zero-order valence-corrected chi connectivity index (χ0v) is 14.3. The van der Waals surface area contributed by atoms with E-state index in [1.54, 1.807) is 0 Å². The van der Waals surface area contributed by atoms with E-state index < -0.39 is 8.07 Å². The van der Waals surface area contributed by atoms with Gasteiger partial charge < -0.3 is 9.30 Å². The number of ether oxygens (including phenoxy) is 1. The van der Waals surface area contributed by atoms with Crippen molar-refractivity contribution in [1.82, 2.24) is 19.7 Å². The molecular formula is C16H22N4OSi. The number of nitrogens with one attached hydrogen (secondary N) is 1. The highest BCUT2D eigenvalue weighted by molar-refractivity contribution is 6.76. The second-order valence-electron chi connectivity index (χ2n) is 6.71. The van der Waals surface area contributed by atoms with Gasteiger partial charge in [0, 0.05) is 38.0 Å². The summed E-state index contributed by atoms with van der Waals surface area (Å²) in [5, 5.41) is 8.03. The summed E-state index contributed by atoms with van der Waals surface area (Å²) in [5.41, 5.74) is 3.08. The molecule has 6 heteroatoms. The summed E-state index contributed by atoms with van der Waals surface area (Å²) in [7, 11) is -1.06. The van der Waals surface area contributed by atoms with Gasteiger partial charge >= 0.3 is 0 Å². The van der Waals surface area contributed by atoms with Crippen LogP contribution < -0.4 is 0 Å². The predicted octanol–water partition coefficient (Wildman–Crippen LogP) is 3.74. The lowest BCUT2D eigenvalue weighted by molar-refractivity contribution is 0.0909. The second kappa shape index (κ2) is 6.06. The summed E-state index contributed by atoms with van der Waals surface area (Å²) in [6.45, 7) is 8.40. The van der Waals surface area contributed by atoms with E-state index >= 15 is 0 Å². The van der Waals surface area contributed by atoms with Crippen molar-refractivity contribution in [3.05, 3.63) is 36.8 Å². The van der Waals surface area contributed by atoms with E-state index in [9.17, 15) is 0 Å². The van der Waals surface area contributed by atoms with Crippen molar-refractivity contribution >= 4 is 19.1 Å². The zero-order valence-electron chi connectivity index (χ0n) is 13.3. The van der Waals surface area contributed by atoms with Gasteiger partial charge in [0.25, 0.3) is 0 Å². The molecule has 0 spiro atoms. The molecule has 0 unspecified atom stereocenters. The highest BCUT2D eigenvalue weighted by atomic mass is 28.3. The molecule has 0 fully saturated rings. The molecule has 116 valence electrons. The van der Waals surface area contributed by atoms with Crippen LogP contribution in [0.5, 0.6) is 0 Å². The fraction of sp³-hybridized carbons (Fsp3) is 0.375. The Morgan fingerprint density at radius 3 is 2.91 bits per heavy atom. The van der Waals surface area contributed by atoms with E-state index in [1.807, 2.05) is 24.7 Å². The summed E-state index contributed by atoms with van der Waals surface area (Å²) in [5.74, 6) is 0. The first-order valence-electron chi connectivity index (χ1n) is 7.56. The number of rotatable bonds is 6. The number of aromatic amines is 1. The Labute approximate surface area is 131 Å². The molecule has 0 saturated heterocycles. The van der Waals surface area contributed by atoms with Crippen LogP contribution in [0, 0.1) is 0 Å². The van der Waals surface area contributed by atoms with E-state index in [0.717, 1.165) is 28.9 Å². The van der Waals surface area contributed by atoms with E-state index in [2.05, 4.69) is 51.5 Å². The average Bonchev–Trinajstić information content (AvgIpc) is 3.10. The van der Waals surface area contributed by atoms with Crippen molar-refractivity contribution < 1.29 is 4.74 Å². The van der Waals surface area contributed by atoms with Gasteiger partial charge in [0.1, 0.15) is 12.4 Å². The predicted molar refractivity (Wildman–Crippen MR) is 91.4 cm³/mol. The maximum absolute atomic E-state index is 5.93. The van der Waals surface area contributed by atoms with Crippen molar-refractivity contribution in [3.63, 3.8) is 0 Å². The summed E-state index contributed by atoms with van der Waals surface area (Å²) in [6, 6.07) is 7.33. The van der Waals surface area contributed by atoms with Crippen LogP contribution >= 0.6 is 0 Å². The summed E-state index contributed by atoms with van der Waals surface area (Å²) < 4.78 is 8.04. The molecule has 3 rings (SSSR count). The smallest absolute Gasteiger partial charge is 0.142 e. The normalized spacial score (nSPS) is 12.1. The standard InChI is InChI=1S/C16H22N4OSi/c1-22(2,3)8-7-21-12-20-15(14-10-18-19-11-14)9-13-5-4-6-17-16(13)20/h4-6,9-11H,7-8,12H2,1-3H3,(H,18,19). The van der Waals surface area contributed by atoms with Gasteiger partial charge in [0.05, 0.1) is 11.9 Å². The monoisotopic (exact) mass is 314 g/mol. The third kappa shape index (κ3) is 3.28.